The molecule has 0 radical (unpaired) electrons. The molecule has 0 aliphatic heterocycles. The fourth-order valence-corrected chi connectivity index (χ4v) is 1.97. The Morgan fingerprint density at radius 1 is 1.26 bits per heavy atom. The molecule has 0 heterocycles. The van der Waals surface area contributed by atoms with Crippen LogP contribution in [0.5, 0.6) is 11.5 Å². The Morgan fingerprint density at radius 2 is 2.04 bits per heavy atom. The fourth-order valence-electron chi connectivity index (χ4n) is 1.79. The van der Waals surface area contributed by atoms with Crippen LogP contribution < -0.4 is 14.8 Å². The van der Waals surface area contributed by atoms with E-state index in [-0.39, 0.29) is 18.0 Å². The number of hydrogen-bond acceptors (Lipinski definition) is 5. The minimum Gasteiger partial charge on any atom is -0.496 e. The number of rotatable bonds is 6. The average molecular weight is 337 g/mol. The third-order valence-corrected chi connectivity index (χ3v) is 3.08. The van der Waals surface area contributed by atoms with Crippen LogP contribution in [0.4, 0.5) is 11.4 Å². The van der Waals surface area contributed by atoms with Crippen molar-refractivity contribution in [1.29, 1.82) is 0 Å². The first-order chi connectivity index (χ1) is 11.0. The second kappa shape index (κ2) is 7.46. The van der Waals surface area contributed by atoms with Gasteiger partial charge in [0.05, 0.1) is 18.1 Å². The third-order valence-electron chi connectivity index (χ3n) is 2.84. The lowest BCUT2D eigenvalue weighted by Crippen LogP contribution is -2.20. The van der Waals surface area contributed by atoms with Crippen LogP contribution in [0.1, 0.15) is 0 Å². The van der Waals surface area contributed by atoms with Crippen LogP contribution in [0.15, 0.2) is 42.5 Å². The Hall–Kier alpha value is -2.80. The van der Waals surface area contributed by atoms with Gasteiger partial charge in [0.25, 0.3) is 11.6 Å². The van der Waals surface area contributed by atoms with Crippen molar-refractivity contribution in [2.75, 3.05) is 19.0 Å². The molecule has 8 heteroatoms. The highest BCUT2D eigenvalue weighted by atomic mass is 35.5. The Morgan fingerprint density at radius 3 is 2.70 bits per heavy atom. The van der Waals surface area contributed by atoms with E-state index in [1.807, 2.05) is 0 Å². The van der Waals surface area contributed by atoms with Gasteiger partial charge < -0.3 is 14.8 Å². The number of anilines is 1. The molecule has 0 aromatic heterocycles. The van der Waals surface area contributed by atoms with E-state index < -0.39 is 10.8 Å². The van der Waals surface area contributed by atoms with E-state index in [9.17, 15) is 14.9 Å². The molecule has 1 N–H and O–H groups in total. The van der Waals surface area contributed by atoms with Gasteiger partial charge in [-0.3, -0.25) is 14.9 Å². The monoisotopic (exact) mass is 336 g/mol. The van der Waals surface area contributed by atoms with Gasteiger partial charge in [-0.1, -0.05) is 17.7 Å². The largest absolute Gasteiger partial charge is 0.496 e. The Kier molecular flexibility index (Phi) is 5.37. The maximum atomic E-state index is 11.9. The summed E-state index contributed by atoms with van der Waals surface area (Å²) in [7, 11) is 1.40. The zero-order chi connectivity index (χ0) is 16.8. The second-order valence-corrected chi connectivity index (χ2v) is 4.87. The first-order valence-corrected chi connectivity index (χ1v) is 6.88. The molecule has 120 valence electrons. The number of hydrogen-bond donors (Lipinski definition) is 1. The van der Waals surface area contributed by atoms with Gasteiger partial charge in [0.2, 0.25) is 0 Å². The van der Waals surface area contributed by atoms with E-state index in [2.05, 4.69) is 5.32 Å². The standard InChI is InChI=1S/C15H13ClN2O5/c1-22-11-5-6-13(14(8-11)18(20)21)17-15(19)9-23-12-4-2-3-10(16)7-12/h2-8H,9H2,1H3,(H,17,19). The minimum absolute atomic E-state index is 0.0653. The third kappa shape index (κ3) is 4.58. The first kappa shape index (κ1) is 16.6. The number of nitrogens with one attached hydrogen (secondary N) is 1. The van der Waals surface area contributed by atoms with Gasteiger partial charge in [-0.25, -0.2) is 0 Å². The van der Waals surface area contributed by atoms with Crippen LogP contribution >= 0.6 is 11.6 Å². The van der Waals surface area contributed by atoms with Gasteiger partial charge in [0.1, 0.15) is 17.2 Å². The molecule has 7 nitrogen and oxygen atoms in total. The lowest BCUT2D eigenvalue weighted by molar-refractivity contribution is -0.384. The Bertz CT molecular complexity index is 736. The van der Waals surface area contributed by atoms with E-state index in [0.717, 1.165) is 0 Å². The molecule has 0 aliphatic carbocycles. The quantitative estimate of drug-likeness (QED) is 0.645. The smallest absolute Gasteiger partial charge is 0.296 e. The molecule has 0 atom stereocenters. The van der Waals surface area contributed by atoms with Crippen LogP contribution in [0, 0.1) is 10.1 Å². The number of carbonyl (C=O) groups excluding carboxylic acids is 1. The van der Waals surface area contributed by atoms with E-state index >= 15 is 0 Å². The average Bonchev–Trinajstić information content (AvgIpc) is 2.53. The SMILES string of the molecule is COc1ccc(NC(=O)COc2cccc(Cl)c2)c([N+](=O)[O-])c1. The van der Waals surface area contributed by atoms with Crippen molar-refractivity contribution in [3.8, 4) is 11.5 Å². The topological polar surface area (TPSA) is 90.7 Å². The van der Waals surface area contributed by atoms with E-state index in [1.54, 1.807) is 24.3 Å². The van der Waals surface area contributed by atoms with Crippen molar-refractivity contribution >= 4 is 28.9 Å². The minimum atomic E-state index is -0.601. The second-order valence-electron chi connectivity index (χ2n) is 4.43. The summed E-state index contributed by atoms with van der Waals surface area (Å²) in [5.74, 6) is 0.222. The Balaban J connectivity index is 2.04. The van der Waals surface area contributed by atoms with E-state index in [0.29, 0.717) is 16.5 Å². The van der Waals surface area contributed by atoms with Crippen molar-refractivity contribution in [1.82, 2.24) is 0 Å². The molecular weight excluding hydrogens is 324 g/mol. The van der Waals surface area contributed by atoms with Gasteiger partial charge in [0.15, 0.2) is 6.61 Å². The summed E-state index contributed by atoms with van der Waals surface area (Å²) in [5, 5.41) is 14.0. The number of amides is 1. The molecule has 2 aromatic carbocycles. The number of halogens is 1. The highest BCUT2D eigenvalue weighted by Gasteiger charge is 2.17. The summed E-state index contributed by atoms with van der Waals surface area (Å²) < 4.78 is 10.2. The summed E-state index contributed by atoms with van der Waals surface area (Å²) in [6.07, 6.45) is 0. The number of methoxy groups -OCH3 is 1. The lowest BCUT2D eigenvalue weighted by atomic mass is 10.2. The number of carbonyl (C=O) groups is 1. The highest BCUT2D eigenvalue weighted by molar-refractivity contribution is 6.30. The molecule has 23 heavy (non-hydrogen) atoms. The zero-order valence-electron chi connectivity index (χ0n) is 12.1. The number of nitro benzene ring substituents is 1. The summed E-state index contributed by atoms with van der Waals surface area (Å²) in [6, 6.07) is 10.7. The van der Waals surface area contributed by atoms with Crippen molar-refractivity contribution in [3.63, 3.8) is 0 Å². The molecule has 0 fully saturated rings. The zero-order valence-corrected chi connectivity index (χ0v) is 12.9. The van der Waals surface area contributed by atoms with Gasteiger partial charge >= 0.3 is 0 Å². The molecule has 0 aliphatic rings. The molecule has 2 aromatic rings. The van der Waals surface area contributed by atoms with Gasteiger partial charge in [-0.2, -0.15) is 0 Å². The Labute approximate surface area is 136 Å². The normalized spacial score (nSPS) is 10.0. The van der Waals surface area contributed by atoms with Gasteiger partial charge in [-0.05, 0) is 30.3 Å². The number of benzene rings is 2. The van der Waals surface area contributed by atoms with Crippen LogP contribution in [-0.4, -0.2) is 24.5 Å². The lowest BCUT2D eigenvalue weighted by Gasteiger charge is -2.09. The van der Waals surface area contributed by atoms with Gasteiger partial charge in [0, 0.05) is 5.02 Å². The molecule has 2 rings (SSSR count). The summed E-state index contributed by atoms with van der Waals surface area (Å²) in [4.78, 5) is 22.3. The van der Waals surface area contributed by atoms with Crippen molar-refractivity contribution in [3.05, 3.63) is 57.6 Å². The molecule has 0 saturated heterocycles. The molecule has 0 bridgehead atoms. The van der Waals surface area contributed by atoms with E-state index in [1.165, 1.54) is 25.3 Å². The van der Waals surface area contributed by atoms with Crippen LogP contribution in [0.3, 0.4) is 0 Å². The summed E-state index contributed by atoms with van der Waals surface area (Å²) in [5.41, 5.74) is -0.198. The molecular formula is C15H13ClN2O5. The van der Waals surface area contributed by atoms with Crippen molar-refractivity contribution in [2.24, 2.45) is 0 Å². The van der Waals surface area contributed by atoms with Crippen molar-refractivity contribution in [2.45, 2.75) is 0 Å². The van der Waals surface area contributed by atoms with Crippen LogP contribution in [0.25, 0.3) is 0 Å². The molecule has 0 unspecified atom stereocenters. The predicted octanol–water partition coefficient (Wildman–Crippen LogP) is 3.27. The number of ether oxygens (including phenoxy) is 2. The van der Waals surface area contributed by atoms with Crippen molar-refractivity contribution < 1.29 is 19.2 Å². The fraction of sp³-hybridized carbons (Fsp3) is 0.133. The number of nitrogens with zero attached hydrogens (tertiary/aromatic N) is 1. The number of nitro groups is 1. The molecule has 0 spiro atoms. The molecule has 1 amide bonds. The molecule has 0 saturated carbocycles. The van der Waals surface area contributed by atoms with Crippen LogP contribution in [-0.2, 0) is 4.79 Å². The van der Waals surface area contributed by atoms with Gasteiger partial charge in [-0.15, -0.1) is 0 Å². The first-order valence-electron chi connectivity index (χ1n) is 6.50. The van der Waals surface area contributed by atoms with Crippen LogP contribution in [0.2, 0.25) is 5.02 Å². The summed E-state index contributed by atoms with van der Waals surface area (Å²) >= 11 is 5.81. The highest BCUT2D eigenvalue weighted by Crippen LogP contribution is 2.28. The predicted molar refractivity (Wildman–Crippen MR) is 85.2 cm³/mol. The maximum Gasteiger partial charge on any atom is 0.296 e. The summed E-state index contributed by atoms with van der Waals surface area (Å²) in [6.45, 7) is -0.302. The maximum absolute atomic E-state index is 11.9. The van der Waals surface area contributed by atoms with E-state index in [4.69, 9.17) is 21.1 Å².